The molecular weight excluding hydrogens is 706 g/mol. The molecule has 0 radical (unpaired) electrons. The van der Waals surface area contributed by atoms with Crippen molar-refractivity contribution in [3.63, 3.8) is 0 Å². The number of amides is 5. The number of hydrogen-bond donors (Lipinski definition) is 2. The summed E-state index contributed by atoms with van der Waals surface area (Å²) in [6.45, 7) is 7.82. The van der Waals surface area contributed by atoms with Crippen LogP contribution in [0.4, 0.5) is 5.69 Å². The number of ether oxygens (including phenoxy) is 8. The van der Waals surface area contributed by atoms with Crippen molar-refractivity contribution < 1.29 is 61.9 Å². The Hall–Kier alpha value is -3.06. The third-order valence-corrected chi connectivity index (χ3v) is 7.91. The number of piperidine rings is 1. The standard InChI is InChI=1S/C35H52ClN3O13/c36-10-12-46-14-16-48-18-20-50-22-24-52-26-25-51-23-21-49-19-17-47-15-13-45-11-3-1-2-7-30(40)37-28-6-4-5-27-32(28)35(44)39(34(27)43)29-8-9-31(41)38-33(29)42/h4-6,29H,1-3,7-26H2,(H,37,40)(H,38,41,42). The van der Waals surface area contributed by atoms with Gasteiger partial charge < -0.3 is 43.2 Å². The molecule has 1 aromatic rings. The monoisotopic (exact) mass is 757 g/mol. The van der Waals surface area contributed by atoms with Gasteiger partial charge in [-0.05, 0) is 31.4 Å². The normalized spacial score (nSPS) is 15.7. The van der Waals surface area contributed by atoms with E-state index in [-0.39, 0.29) is 42.0 Å². The number of nitrogens with one attached hydrogen (secondary N) is 2. The maximum absolute atomic E-state index is 13.2. The molecule has 0 saturated carbocycles. The quantitative estimate of drug-likeness (QED) is 0.0637. The first-order valence-corrected chi connectivity index (χ1v) is 18.3. The molecule has 2 heterocycles. The van der Waals surface area contributed by atoms with E-state index >= 15 is 0 Å². The Morgan fingerprint density at radius 2 is 1.17 bits per heavy atom. The van der Waals surface area contributed by atoms with Gasteiger partial charge >= 0.3 is 0 Å². The van der Waals surface area contributed by atoms with Gasteiger partial charge in [0.25, 0.3) is 11.8 Å². The van der Waals surface area contributed by atoms with E-state index in [0.717, 1.165) is 17.7 Å². The largest absolute Gasteiger partial charge is 0.379 e. The molecule has 2 N–H and O–H groups in total. The minimum absolute atomic E-state index is 0.0298. The SMILES string of the molecule is O=C1CCC(N2C(=O)c3cccc(NC(=O)CCCCCOCCOCCOCCOCCOCCOCCOCCOCCCl)c3C2=O)C(=O)N1. The molecule has 292 valence electrons. The first kappa shape index (κ1) is 43.3. The first-order valence-electron chi connectivity index (χ1n) is 17.8. The van der Waals surface area contributed by atoms with E-state index in [4.69, 9.17) is 49.5 Å². The lowest BCUT2D eigenvalue weighted by molar-refractivity contribution is -0.136. The predicted molar refractivity (Wildman–Crippen MR) is 187 cm³/mol. The number of carbonyl (C=O) groups excluding carboxylic acids is 5. The van der Waals surface area contributed by atoms with E-state index in [9.17, 15) is 24.0 Å². The van der Waals surface area contributed by atoms with E-state index in [0.29, 0.717) is 118 Å². The number of anilines is 1. The topological polar surface area (TPSA) is 186 Å². The van der Waals surface area contributed by atoms with Crippen LogP contribution in [-0.2, 0) is 52.3 Å². The van der Waals surface area contributed by atoms with Crippen molar-refractivity contribution >= 4 is 46.8 Å². The number of benzene rings is 1. The highest BCUT2D eigenvalue weighted by Gasteiger charge is 2.45. The van der Waals surface area contributed by atoms with Gasteiger partial charge in [0.2, 0.25) is 17.7 Å². The molecule has 2 aliphatic rings. The van der Waals surface area contributed by atoms with Crippen molar-refractivity contribution in [2.24, 2.45) is 0 Å². The second-order valence-corrected chi connectivity index (χ2v) is 12.0. The van der Waals surface area contributed by atoms with Crippen LogP contribution in [0.3, 0.4) is 0 Å². The van der Waals surface area contributed by atoms with Gasteiger partial charge in [0.1, 0.15) is 6.04 Å². The third kappa shape index (κ3) is 16.3. The van der Waals surface area contributed by atoms with Gasteiger partial charge in [-0.1, -0.05) is 12.5 Å². The van der Waals surface area contributed by atoms with Crippen molar-refractivity contribution in [3.8, 4) is 0 Å². The molecule has 16 nitrogen and oxygen atoms in total. The number of carbonyl (C=O) groups is 5. The van der Waals surface area contributed by atoms with Crippen LogP contribution >= 0.6 is 11.6 Å². The fourth-order valence-corrected chi connectivity index (χ4v) is 5.30. The van der Waals surface area contributed by atoms with Gasteiger partial charge in [0.15, 0.2) is 0 Å². The van der Waals surface area contributed by atoms with Crippen molar-refractivity contribution in [1.29, 1.82) is 0 Å². The molecule has 0 bridgehead atoms. The predicted octanol–water partition coefficient (Wildman–Crippen LogP) is 1.96. The summed E-state index contributed by atoms with van der Waals surface area (Å²) in [5.41, 5.74) is 0.386. The Morgan fingerprint density at radius 1 is 0.673 bits per heavy atom. The van der Waals surface area contributed by atoms with Gasteiger partial charge in [-0.15, -0.1) is 11.6 Å². The van der Waals surface area contributed by atoms with Crippen LogP contribution < -0.4 is 10.6 Å². The Kier molecular flexibility index (Phi) is 22.2. The summed E-state index contributed by atoms with van der Waals surface area (Å²) in [5.74, 6) is -2.23. The molecule has 2 aliphatic heterocycles. The van der Waals surface area contributed by atoms with Gasteiger partial charge in [-0.3, -0.25) is 34.2 Å². The summed E-state index contributed by atoms with van der Waals surface area (Å²) in [6.07, 6.45) is 2.46. The van der Waals surface area contributed by atoms with Crippen molar-refractivity contribution in [3.05, 3.63) is 29.3 Å². The number of unbranched alkanes of at least 4 members (excludes halogenated alkanes) is 2. The molecule has 1 aromatic carbocycles. The highest BCUT2D eigenvalue weighted by atomic mass is 35.5. The van der Waals surface area contributed by atoms with Crippen LogP contribution in [-0.4, -0.2) is 152 Å². The molecule has 3 rings (SSSR count). The summed E-state index contributed by atoms with van der Waals surface area (Å²) >= 11 is 5.51. The van der Waals surface area contributed by atoms with Crippen molar-refractivity contribution in [2.75, 3.05) is 117 Å². The number of rotatable bonds is 31. The highest BCUT2D eigenvalue weighted by molar-refractivity contribution is 6.26. The van der Waals surface area contributed by atoms with Crippen LogP contribution in [0.5, 0.6) is 0 Å². The van der Waals surface area contributed by atoms with E-state index in [2.05, 4.69) is 10.6 Å². The lowest BCUT2D eigenvalue weighted by atomic mass is 10.0. The Balaban J connectivity index is 1.08. The number of fused-ring (bicyclic) bond motifs is 1. The van der Waals surface area contributed by atoms with Gasteiger partial charge in [-0.2, -0.15) is 0 Å². The van der Waals surface area contributed by atoms with E-state index < -0.39 is 29.7 Å². The summed E-state index contributed by atoms with van der Waals surface area (Å²) in [6, 6.07) is 3.53. The maximum atomic E-state index is 13.2. The molecule has 1 unspecified atom stereocenters. The molecule has 17 heteroatoms. The molecule has 0 aromatic heterocycles. The Labute approximate surface area is 309 Å². The minimum Gasteiger partial charge on any atom is -0.379 e. The maximum Gasteiger partial charge on any atom is 0.264 e. The number of alkyl halides is 1. The van der Waals surface area contributed by atoms with E-state index in [1.54, 1.807) is 12.1 Å². The molecule has 1 atom stereocenters. The van der Waals surface area contributed by atoms with E-state index in [1.165, 1.54) is 6.07 Å². The Bertz CT molecular complexity index is 1250. The second kappa shape index (κ2) is 26.7. The van der Waals surface area contributed by atoms with Crippen molar-refractivity contribution in [2.45, 2.75) is 44.6 Å². The third-order valence-electron chi connectivity index (χ3n) is 7.76. The summed E-state index contributed by atoms with van der Waals surface area (Å²) in [4.78, 5) is 63.4. The number of nitrogens with zero attached hydrogens (tertiary/aromatic N) is 1. The van der Waals surface area contributed by atoms with Gasteiger partial charge in [-0.25, -0.2) is 0 Å². The molecule has 1 saturated heterocycles. The molecule has 5 amide bonds. The zero-order valence-corrected chi connectivity index (χ0v) is 30.5. The molecule has 52 heavy (non-hydrogen) atoms. The summed E-state index contributed by atoms with van der Waals surface area (Å²) in [5, 5.41) is 4.90. The van der Waals surface area contributed by atoms with Crippen molar-refractivity contribution in [1.82, 2.24) is 10.2 Å². The van der Waals surface area contributed by atoms with E-state index in [1.807, 2.05) is 0 Å². The van der Waals surface area contributed by atoms with Gasteiger partial charge in [0, 0.05) is 25.3 Å². The smallest absolute Gasteiger partial charge is 0.264 e. The number of halogens is 1. The zero-order valence-electron chi connectivity index (χ0n) is 29.7. The zero-order chi connectivity index (χ0) is 37.2. The second-order valence-electron chi connectivity index (χ2n) is 11.6. The number of imide groups is 2. The fraction of sp³-hybridized carbons (Fsp3) is 0.686. The molecule has 0 aliphatic carbocycles. The lowest BCUT2D eigenvalue weighted by Gasteiger charge is -2.27. The first-order chi connectivity index (χ1) is 25.4. The highest BCUT2D eigenvalue weighted by Crippen LogP contribution is 2.32. The number of hydrogen-bond acceptors (Lipinski definition) is 13. The molecular formula is C35H52ClN3O13. The summed E-state index contributed by atoms with van der Waals surface area (Å²) in [7, 11) is 0. The van der Waals surface area contributed by atoms with Crippen LogP contribution in [0.1, 0.15) is 59.2 Å². The average Bonchev–Trinajstić information content (AvgIpc) is 3.38. The van der Waals surface area contributed by atoms with Crippen LogP contribution in [0, 0.1) is 0 Å². The van der Waals surface area contributed by atoms with Crippen LogP contribution in [0.2, 0.25) is 0 Å². The van der Waals surface area contributed by atoms with Crippen LogP contribution in [0.15, 0.2) is 18.2 Å². The minimum atomic E-state index is -1.07. The van der Waals surface area contributed by atoms with Crippen LogP contribution in [0.25, 0.3) is 0 Å². The lowest BCUT2D eigenvalue weighted by Crippen LogP contribution is -2.54. The Morgan fingerprint density at radius 3 is 1.67 bits per heavy atom. The molecule has 0 spiro atoms. The fourth-order valence-electron chi connectivity index (χ4n) is 5.19. The summed E-state index contributed by atoms with van der Waals surface area (Å²) < 4.78 is 43.5. The molecule has 1 fully saturated rings. The average molecular weight is 758 g/mol. The van der Waals surface area contributed by atoms with Gasteiger partial charge in [0.05, 0.1) is 116 Å².